The van der Waals surface area contributed by atoms with Crippen LogP contribution in [0.5, 0.6) is 0 Å². The Kier molecular flexibility index (Phi) is 3.23. The molecule has 0 atom stereocenters. The summed E-state index contributed by atoms with van der Waals surface area (Å²) in [6.45, 7) is 3.81. The number of rotatable bonds is 4. The molecule has 1 N–H and O–H groups in total. The van der Waals surface area contributed by atoms with E-state index in [4.69, 9.17) is 9.52 Å². The number of benzene rings is 1. The first-order valence-corrected chi connectivity index (χ1v) is 5.85. The quantitative estimate of drug-likeness (QED) is 0.901. The molecule has 0 fully saturated rings. The molecule has 1 aromatic heterocycles. The summed E-state index contributed by atoms with van der Waals surface area (Å²) >= 11 is 0. The Morgan fingerprint density at radius 2 is 2.17 bits per heavy atom. The molecule has 0 unspecified atom stereocenters. The van der Waals surface area contributed by atoms with Gasteiger partial charge in [-0.25, -0.2) is 4.79 Å². The monoisotopic (exact) mass is 249 g/mol. The van der Waals surface area contributed by atoms with Crippen LogP contribution in [0.15, 0.2) is 27.4 Å². The smallest absolute Gasteiger partial charge is 0.420 e. The van der Waals surface area contributed by atoms with Gasteiger partial charge in [-0.05, 0) is 38.0 Å². The van der Waals surface area contributed by atoms with Gasteiger partial charge in [-0.15, -0.1) is 0 Å². The zero-order valence-electron chi connectivity index (χ0n) is 10.3. The van der Waals surface area contributed by atoms with E-state index in [-0.39, 0.29) is 18.2 Å². The molecule has 0 amide bonds. The van der Waals surface area contributed by atoms with Gasteiger partial charge in [0.05, 0.1) is 5.52 Å². The van der Waals surface area contributed by atoms with E-state index in [0.717, 1.165) is 11.1 Å². The van der Waals surface area contributed by atoms with Crippen LogP contribution in [0.3, 0.4) is 0 Å². The van der Waals surface area contributed by atoms with Crippen LogP contribution in [0, 0.1) is 0 Å². The average Bonchev–Trinajstić information content (AvgIpc) is 2.61. The largest absolute Gasteiger partial charge is 0.481 e. The molecule has 1 aromatic carbocycles. The second kappa shape index (κ2) is 4.68. The highest BCUT2D eigenvalue weighted by atomic mass is 16.4. The van der Waals surface area contributed by atoms with Crippen molar-refractivity contribution < 1.29 is 14.3 Å². The summed E-state index contributed by atoms with van der Waals surface area (Å²) in [6, 6.07) is 5.34. The third-order valence-electron chi connectivity index (χ3n) is 2.82. The highest BCUT2D eigenvalue weighted by Crippen LogP contribution is 2.19. The minimum atomic E-state index is -0.830. The van der Waals surface area contributed by atoms with Gasteiger partial charge >= 0.3 is 11.7 Å². The Bertz CT molecular complexity index is 636. The highest BCUT2D eigenvalue weighted by Gasteiger charge is 2.12. The van der Waals surface area contributed by atoms with Crippen molar-refractivity contribution in [3.05, 3.63) is 34.3 Å². The summed E-state index contributed by atoms with van der Waals surface area (Å²) in [5.74, 6) is -1.21. The number of fused-ring (bicyclic) bond motifs is 1. The first kappa shape index (κ1) is 12.4. The highest BCUT2D eigenvalue weighted by molar-refractivity contribution is 5.74. The van der Waals surface area contributed by atoms with Crippen LogP contribution >= 0.6 is 0 Å². The van der Waals surface area contributed by atoms with Gasteiger partial charge in [0.1, 0.15) is 0 Å². The Hall–Kier alpha value is -2.04. The number of hydrogen-bond acceptors (Lipinski definition) is 3. The fourth-order valence-corrected chi connectivity index (χ4v) is 1.97. The van der Waals surface area contributed by atoms with Crippen molar-refractivity contribution in [2.24, 2.45) is 0 Å². The lowest BCUT2D eigenvalue weighted by molar-refractivity contribution is -0.136. The van der Waals surface area contributed by atoms with Crippen molar-refractivity contribution in [2.45, 2.75) is 32.7 Å². The molecule has 5 heteroatoms. The Morgan fingerprint density at radius 3 is 2.78 bits per heavy atom. The van der Waals surface area contributed by atoms with Gasteiger partial charge in [-0.2, -0.15) is 0 Å². The number of hydrogen-bond donors (Lipinski definition) is 1. The van der Waals surface area contributed by atoms with E-state index >= 15 is 0 Å². The van der Waals surface area contributed by atoms with E-state index in [2.05, 4.69) is 0 Å². The van der Waals surface area contributed by atoms with Gasteiger partial charge < -0.3 is 9.52 Å². The first-order chi connectivity index (χ1) is 8.49. The van der Waals surface area contributed by atoms with E-state index in [9.17, 15) is 9.59 Å². The lowest BCUT2D eigenvalue weighted by atomic mass is 10.1. The molecule has 2 rings (SSSR count). The number of nitrogens with zero attached hydrogens (tertiary/aromatic N) is 1. The third kappa shape index (κ3) is 2.30. The van der Waals surface area contributed by atoms with Crippen LogP contribution < -0.4 is 5.76 Å². The number of carboxylic acids is 1. The molecule has 0 aliphatic rings. The second-order valence-electron chi connectivity index (χ2n) is 4.53. The molecule has 5 nitrogen and oxygen atoms in total. The van der Waals surface area contributed by atoms with Gasteiger partial charge in [-0.3, -0.25) is 9.36 Å². The Morgan fingerprint density at radius 1 is 1.44 bits per heavy atom. The van der Waals surface area contributed by atoms with E-state index in [1.807, 2.05) is 19.9 Å². The van der Waals surface area contributed by atoms with Crippen molar-refractivity contribution in [3.63, 3.8) is 0 Å². The molecular weight excluding hydrogens is 234 g/mol. The van der Waals surface area contributed by atoms with Gasteiger partial charge in [0.2, 0.25) is 0 Å². The Labute approximate surface area is 104 Å². The maximum absolute atomic E-state index is 11.7. The third-order valence-corrected chi connectivity index (χ3v) is 2.82. The van der Waals surface area contributed by atoms with E-state index in [1.165, 1.54) is 0 Å². The average molecular weight is 249 g/mol. The molecule has 1 heterocycles. The zero-order valence-corrected chi connectivity index (χ0v) is 10.3. The first-order valence-electron chi connectivity index (χ1n) is 5.85. The van der Waals surface area contributed by atoms with Gasteiger partial charge in [0.15, 0.2) is 5.58 Å². The fraction of sp³-hybridized carbons (Fsp3) is 0.385. The summed E-state index contributed by atoms with van der Waals surface area (Å²) in [5.41, 5.74) is 2.14. The fourth-order valence-electron chi connectivity index (χ4n) is 1.97. The van der Waals surface area contributed by atoms with E-state index in [1.54, 1.807) is 16.7 Å². The van der Waals surface area contributed by atoms with Crippen LogP contribution in [-0.2, 0) is 11.2 Å². The summed E-state index contributed by atoms with van der Waals surface area (Å²) in [6.07, 6.45) is 0.526. The number of carboxylic acid groups (broad SMARTS) is 1. The molecule has 0 saturated carbocycles. The van der Waals surface area contributed by atoms with Crippen molar-refractivity contribution in [1.29, 1.82) is 0 Å². The van der Waals surface area contributed by atoms with E-state index < -0.39 is 5.97 Å². The zero-order chi connectivity index (χ0) is 13.3. The molecule has 96 valence electrons. The van der Waals surface area contributed by atoms with Gasteiger partial charge in [0, 0.05) is 12.5 Å². The normalized spacial score (nSPS) is 11.3. The number of aromatic nitrogens is 1. The van der Waals surface area contributed by atoms with Crippen LogP contribution in [0.4, 0.5) is 0 Å². The molecule has 2 aromatic rings. The predicted molar refractivity (Wildman–Crippen MR) is 66.8 cm³/mol. The summed E-state index contributed by atoms with van der Waals surface area (Å²) < 4.78 is 6.70. The second-order valence-corrected chi connectivity index (χ2v) is 4.53. The maximum atomic E-state index is 11.7. The number of aliphatic carboxylic acids is 1. The topological polar surface area (TPSA) is 72.4 Å². The van der Waals surface area contributed by atoms with Gasteiger partial charge in [-0.1, -0.05) is 6.07 Å². The van der Waals surface area contributed by atoms with Gasteiger partial charge in [0.25, 0.3) is 0 Å². The molecule has 0 aliphatic carbocycles. The lowest BCUT2D eigenvalue weighted by Crippen LogP contribution is -2.16. The van der Waals surface area contributed by atoms with Crippen LogP contribution in [0.1, 0.15) is 31.9 Å². The molecular formula is C13H15NO4. The molecule has 0 spiro atoms. The molecule has 0 bridgehead atoms. The number of carbonyl (C=O) groups is 1. The van der Waals surface area contributed by atoms with Crippen LogP contribution in [0.2, 0.25) is 0 Å². The molecule has 0 aliphatic heterocycles. The summed E-state index contributed by atoms with van der Waals surface area (Å²) in [5, 5.41) is 8.66. The van der Waals surface area contributed by atoms with Crippen molar-refractivity contribution >= 4 is 17.1 Å². The minimum Gasteiger partial charge on any atom is -0.481 e. The standard InChI is InChI=1S/C13H15NO4/c1-8(2)14-10-7-9(4-6-12(15)16)3-5-11(10)18-13(14)17/h3,5,7-8H,4,6H2,1-2H3,(H,15,16). The molecule has 18 heavy (non-hydrogen) atoms. The van der Waals surface area contributed by atoms with Crippen molar-refractivity contribution in [1.82, 2.24) is 4.57 Å². The van der Waals surface area contributed by atoms with Crippen LogP contribution in [-0.4, -0.2) is 15.6 Å². The van der Waals surface area contributed by atoms with Crippen molar-refractivity contribution in [2.75, 3.05) is 0 Å². The SMILES string of the molecule is CC(C)n1c(=O)oc2ccc(CCC(=O)O)cc21. The Balaban J connectivity index is 2.46. The van der Waals surface area contributed by atoms with E-state index in [0.29, 0.717) is 12.0 Å². The summed E-state index contributed by atoms with van der Waals surface area (Å²) in [7, 11) is 0. The minimum absolute atomic E-state index is 0.00785. The summed E-state index contributed by atoms with van der Waals surface area (Å²) in [4.78, 5) is 22.2. The van der Waals surface area contributed by atoms with Crippen molar-refractivity contribution in [3.8, 4) is 0 Å². The number of oxazole rings is 1. The van der Waals surface area contributed by atoms with Crippen LogP contribution in [0.25, 0.3) is 11.1 Å². The molecule has 0 saturated heterocycles. The number of aryl methyl sites for hydroxylation is 1. The maximum Gasteiger partial charge on any atom is 0.420 e. The predicted octanol–water partition coefficient (Wildman–Crippen LogP) is 2.19. The molecule has 0 radical (unpaired) electrons. The lowest BCUT2D eigenvalue weighted by Gasteiger charge is -2.06.